The van der Waals surface area contributed by atoms with Crippen LogP contribution in [0.4, 0.5) is 5.69 Å². The lowest BCUT2D eigenvalue weighted by atomic mass is 10.1. The highest BCUT2D eigenvalue weighted by Crippen LogP contribution is 2.33. The van der Waals surface area contributed by atoms with E-state index in [2.05, 4.69) is 10.3 Å². The Bertz CT molecular complexity index is 894. The molecule has 0 aliphatic carbocycles. The quantitative estimate of drug-likeness (QED) is 0.794. The Morgan fingerprint density at radius 2 is 1.77 bits per heavy atom. The predicted molar refractivity (Wildman–Crippen MR) is 94.6 cm³/mol. The lowest BCUT2D eigenvalue weighted by Gasteiger charge is -2.21. The molecule has 7 nitrogen and oxygen atoms in total. The number of benzene rings is 2. The van der Waals surface area contributed by atoms with E-state index in [0.29, 0.717) is 18.0 Å². The molecule has 4 rings (SSSR count). The van der Waals surface area contributed by atoms with Gasteiger partial charge in [-0.1, -0.05) is 29.5 Å². The molecule has 1 saturated heterocycles. The molecule has 0 spiro atoms. The molecule has 0 bridgehead atoms. The second kappa shape index (κ2) is 6.25. The molecule has 26 heavy (non-hydrogen) atoms. The van der Waals surface area contributed by atoms with Gasteiger partial charge in [0, 0.05) is 0 Å². The molecule has 0 unspecified atom stereocenters. The second-order valence-electron chi connectivity index (χ2n) is 6.33. The average Bonchev–Trinajstić information content (AvgIpc) is 3.17. The van der Waals surface area contributed by atoms with Gasteiger partial charge in [-0.05, 0) is 42.3 Å². The Kier molecular flexibility index (Phi) is 3.91. The van der Waals surface area contributed by atoms with Gasteiger partial charge in [0.2, 0.25) is 0 Å². The number of fused-ring (bicyclic) bond motifs is 1. The highest BCUT2D eigenvalue weighted by atomic mass is 16.5. The average molecular weight is 350 g/mol. The number of carbonyl (C=O) groups excluding carboxylic acids is 2. The molecule has 0 N–H and O–H groups in total. The minimum absolute atomic E-state index is 0.302. The Hall–Kier alpha value is -3.22. The molecular weight excluding hydrogens is 332 g/mol. The summed E-state index contributed by atoms with van der Waals surface area (Å²) in [5, 5.41) is 9.75. The fourth-order valence-corrected chi connectivity index (χ4v) is 3.30. The highest BCUT2D eigenvalue weighted by molar-refractivity contribution is 6.25. The first kappa shape index (κ1) is 16.3. The van der Waals surface area contributed by atoms with Crippen LogP contribution < -0.4 is 9.64 Å². The third kappa shape index (κ3) is 2.52. The number of nitrogens with zero attached hydrogens (tertiary/aromatic N) is 4. The van der Waals surface area contributed by atoms with E-state index < -0.39 is 12.1 Å². The third-order valence-corrected chi connectivity index (χ3v) is 4.78. The van der Waals surface area contributed by atoms with Gasteiger partial charge >= 0.3 is 0 Å². The van der Waals surface area contributed by atoms with Gasteiger partial charge in [-0.3, -0.25) is 14.6 Å². The zero-order chi connectivity index (χ0) is 18.3. The lowest BCUT2D eigenvalue weighted by Crippen LogP contribution is -2.39. The summed E-state index contributed by atoms with van der Waals surface area (Å²) in [7, 11) is 1.56. The topological polar surface area (TPSA) is 74.6 Å². The maximum Gasteiger partial charge on any atom is 0.263 e. The van der Waals surface area contributed by atoms with E-state index in [1.165, 1.54) is 4.90 Å². The number of anilines is 1. The van der Waals surface area contributed by atoms with Gasteiger partial charge in [-0.2, -0.15) is 5.11 Å². The van der Waals surface area contributed by atoms with Crippen LogP contribution in [0.1, 0.15) is 11.1 Å². The molecule has 2 heterocycles. The van der Waals surface area contributed by atoms with E-state index in [1.807, 2.05) is 31.2 Å². The van der Waals surface area contributed by atoms with Gasteiger partial charge in [0.25, 0.3) is 11.8 Å². The normalized spacial score (nSPS) is 21.5. The summed E-state index contributed by atoms with van der Waals surface area (Å²) >= 11 is 0. The summed E-state index contributed by atoms with van der Waals surface area (Å²) in [6.45, 7) is 2.44. The SMILES string of the molecule is COc1ccc(N2C(=O)[C@H]3N=NN(Cc4ccccc4C)[C@@H]3C2=O)cc1. The second-order valence-corrected chi connectivity index (χ2v) is 6.33. The summed E-state index contributed by atoms with van der Waals surface area (Å²) < 4.78 is 5.12. The minimum atomic E-state index is -0.784. The molecule has 2 atom stereocenters. The molecule has 2 amide bonds. The van der Waals surface area contributed by atoms with Gasteiger partial charge in [0.15, 0.2) is 12.1 Å². The molecule has 2 aromatic rings. The molecule has 132 valence electrons. The summed E-state index contributed by atoms with van der Waals surface area (Å²) in [5.41, 5.74) is 2.67. The number of aryl methyl sites for hydroxylation is 1. The first-order chi connectivity index (χ1) is 12.6. The van der Waals surface area contributed by atoms with Crippen molar-refractivity contribution in [2.75, 3.05) is 12.0 Å². The minimum Gasteiger partial charge on any atom is -0.497 e. The first-order valence-corrected chi connectivity index (χ1v) is 8.34. The number of rotatable bonds is 4. The van der Waals surface area contributed by atoms with Crippen LogP contribution in [-0.4, -0.2) is 36.0 Å². The van der Waals surface area contributed by atoms with Crippen molar-refractivity contribution in [2.45, 2.75) is 25.6 Å². The number of hydrogen-bond acceptors (Lipinski definition) is 6. The maximum absolute atomic E-state index is 13.0. The number of hydrogen-bond donors (Lipinski definition) is 0. The molecular formula is C19H18N4O3. The monoisotopic (exact) mass is 350 g/mol. The number of methoxy groups -OCH3 is 1. The van der Waals surface area contributed by atoms with Crippen LogP contribution in [-0.2, 0) is 16.1 Å². The zero-order valence-corrected chi connectivity index (χ0v) is 14.5. The molecule has 0 saturated carbocycles. The van der Waals surface area contributed by atoms with Crippen LogP contribution in [0.2, 0.25) is 0 Å². The van der Waals surface area contributed by atoms with E-state index in [4.69, 9.17) is 4.74 Å². The number of carbonyl (C=O) groups is 2. The summed E-state index contributed by atoms with van der Waals surface area (Å²) in [6, 6.07) is 13.2. The van der Waals surface area contributed by atoms with Crippen molar-refractivity contribution in [1.29, 1.82) is 0 Å². The predicted octanol–water partition coefficient (Wildman–Crippen LogP) is 2.50. The van der Waals surface area contributed by atoms with Crippen LogP contribution >= 0.6 is 0 Å². The highest BCUT2D eigenvalue weighted by Gasteiger charge is 2.54. The van der Waals surface area contributed by atoms with Crippen LogP contribution in [0, 0.1) is 6.92 Å². The Balaban J connectivity index is 1.60. The largest absolute Gasteiger partial charge is 0.497 e. The van der Waals surface area contributed by atoms with Crippen molar-refractivity contribution >= 4 is 17.5 Å². The molecule has 2 aromatic carbocycles. The Labute approximate surface area is 150 Å². The van der Waals surface area contributed by atoms with E-state index in [-0.39, 0.29) is 11.8 Å². The van der Waals surface area contributed by atoms with Crippen molar-refractivity contribution in [1.82, 2.24) is 5.01 Å². The van der Waals surface area contributed by atoms with Crippen molar-refractivity contribution in [3.8, 4) is 5.75 Å². The zero-order valence-electron chi connectivity index (χ0n) is 14.5. The fraction of sp³-hybridized carbons (Fsp3) is 0.263. The van der Waals surface area contributed by atoms with Gasteiger partial charge in [-0.15, -0.1) is 0 Å². The number of ether oxygens (including phenoxy) is 1. The molecule has 0 radical (unpaired) electrons. The third-order valence-electron chi connectivity index (χ3n) is 4.78. The first-order valence-electron chi connectivity index (χ1n) is 8.34. The lowest BCUT2D eigenvalue weighted by molar-refractivity contribution is -0.123. The summed E-state index contributed by atoms with van der Waals surface area (Å²) in [5.74, 6) is 0.0128. The smallest absolute Gasteiger partial charge is 0.263 e. The molecule has 7 heteroatoms. The van der Waals surface area contributed by atoms with Crippen LogP contribution in [0.15, 0.2) is 58.9 Å². The van der Waals surface area contributed by atoms with Crippen LogP contribution in [0.25, 0.3) is 0 Å². The molecule has 2 aliphatic heterocycles. The standard InChI is InChI=1S/C19H18N4O3/c1-12-5-3-4-6-13(12)11-22-17-16(20-21-22)18(24)23(19(17)25)14-7-9-15(26-2)10-8-14/h3-10,16-17H,11H2,1-2H3/t16-,17-/m0/s1. The summed E-state index contributed by atoms with van der Waals surface area (Å²) in [4.78, 5) is 26.9. The van der Waals surface area contributed by atoms with Crippen molar-refractivity contribution in [3.63, 3.8) is 0 Å². The van der Waals surface area contributed by atoms with Crippen LogP contribution in [0.3, 0.4) is 0 Å². The van der Waals surface area contributed by atoms with Crippen LogP contribution in [0.5, 0.6) is 5.75 Å². The van der Waals surface area contributed by atoms with Gasteiger partial charge in [0.05, 0.1) is 19.3 Å². The number of imide groups is 1. The van der Waals surface area contributed by atoms with Crippen molar-refractivity contribution in [2.24, 2.45) is 10.3 Å². The van der Waals surface area contributed by atoms with Gasteiger partial charge < -0.3 is 4.74 Å². The summed E-state index contributed by atoms with van der Waals surface area (Å²) in [6.07, 6.45) is 0. The fourth-order valence-electron chi connectivity index (χ4n) is 3.30. The van der Waals surface area contributed by atoms with Crippen molar-refractivity contribution < 1.29 is 14.3 Å². The van der Waals surface area contributed by atoms with E-state index in [0.717, 1.165) is 11.1 Å². The van der Waals surface area contributed by atoms with Gasteiger partial charge in [-0.25, -0.2) is 4.90 Å². The Morgan fingerprint density at radius 1 is 1.04 bits per heavy atom. The molecule has 0 aromatic heterocycles. The van der Waals surface area contributed by atoms with E-state index in [9.17, 15) is 9.59 Å². The number of amides is 2. The molecule has 2 aliphatic rings. The maximum atomic E-state index is 13.0. The molecule has 1 fully saturated rings. The van der Waals surface area contributed by atoms with E-state index in [1.54, 1.807) is 36.4 Å². The van der Waals surface area contributed by atoms with Gasteiger partial charge in [0.1, 0.15) is 5.75 Å². The van der Waals surface area contributed by atoms with Crippen molar-refractivity contribution in [3.05, 3.63) is 59.7 Å². The Morgan fingerprint density at radius 3 is 2.46 bits per heavy atom. The van der Waals surface area contributed by atoms with E-state index >= 15 is 0 Å².